The number of aromatic nitrogens is 1. The van der Waals surface area contributed by atoms with Gasteiger partial charge in [0, 0.05) is 37.1 Å². The van der Waals surface area contributed by atoms with E-state index in [1.54, 1.807) is 24.3 Å². The van der Waals surface area contributed by atoms with Crippen molar-refractivity contribution in [1.29, 1.82) is 0 Å². The Morgan fingerprint density at radius 3 is 2.53 bits per heavy atom. The zero-order valence-corrected chi connectivity index (χ0v) is 16.9. The number of fused-ring (bicyclic) bond motifs is 3. The van der Waals surface area contributed by atoms with Crippen LogP contribution in [0.3, 0.4) is 0 Å². The van der Waals surface area contributed by atoms with Crippen LogP contribution in [0.4, 0.5) is 0 Å². The molecule has 152 valence electrons. The highest BCUT2D eigenvalue weighted by Crippen LogP contribution is 2.27. The van der Waals surface area contributed by atoms with Gasteiger partial charge >= 0.3 is 0 Å². The summed E-state index contributed by atoms with van der Waals surface area (Å²) in [6, 6.07) is 15.4. The van der Waals surface area contributed by atoms with Crippen LogP contribution in [-0.4, -0.2) is 52.8 Å². The normalized spacial score (nSPS) is 16.4. The molecule has 30 heavy (non-hydrogen) atoms. The van der Waals surface area contributed by atoms with Crippen LogP contribution >= 0.6 is 0 Å². The Kier molecular flexibility index (Phi) is 4.71. The number of ether oxygens (including phenoxy) is 1. The van der Waals surface area contributed by atoms with Crippen molar-refractivity contribution in [3.05, 3.63) is 70.8 Å². The van der Waals surface area contributed by atoms with Gasteiger partial charge in [-0.2, -0.15) is 0 Å². The van der Waals surface area contributed by atoms with Crippen LogP contribution in [0.2, 0.25) is 0 Å². The van der Waals surface area contributed by atoms with E-state index in [2.05, 4.69) is 30.0 Å². The molecule has 2 amide bonds. The Bertz CT molecular complexity index is 1120. The lowest BCUT2D eigenvalue weighted by molar-refractivity contribution is 0.0646. The van der Waals surface area contributed by atoms with Gasteiger partial charge in [0.2, 0.25) is 5.88 Å². The number of carbonyl (C=O) groups excluding carboxylic acids is 2. The molecular formula is C24H23N3O3. The average molecular weight is 401 g/mol. The Labute approximate surface area is 175 Å². The zero-order chi connectivity index (χ0) is 20.7. The second-order valence-electron chi connectivity index (χ2n) is 7.88. The van der Waals surface area contributed by atoms with Gasteiger partial charge in [-0.25, -0.2) is 4.98 Å². The third kappa shape index (κ3) is 3.23. The molecule has 5 rings (SSSR count). The summed E-state index contributed by atoms with van der Waals surface area (Å²) in [5.41, 5.74) is 4.21. The fraction of sp³-hybridized carbons (Fsp3) is 0.292. The summed E-state index contributed by atoms with van der Waals surface area (Å²) in [7, 11) is 0. The first-order valence-corrected chi connectivity index (χ1v) is 10.3. The van der Waals surface area contributed by atoms with Crippen LogP contribution in [0.25, 0.3) is 10.9 Å². The van der Waals surface area contributed by atoms with Gasteiger partial charge in [-0.05, 0) is 37.1 Å². The molecule has 3 aromatic rings. The van der Waals surface area contributed by atoms with E-state index in [0.29, 0.717) is 30.2 Å². The first kappa shape index (κ1) is 18.8. The lowest BCUT2D eigenvalue weighted by Gasteiger charge is -2.21. The third-order valence-electron chi connectivity index (χ3n) is 5.86. The predicted octanol–water partition coefficient (Wildman–Crippen LogP) is 3.42. The number of hydrogen-bond donors (Lipinski definition) is 0. The highest BCUT2D eigenvalue weighted by Gasteiger charge is 2.34. The van der Waals surface area contributed by atoms with Gasteiger partial charge in [0.15, 0.2) is 0 Å². The molecule has 0 unspecified atom stereocenters. The second-order valence-corrected chi connectivity index (χ2v) is 7.88. The summed E-state index contributed by atoms with van der Waals surface area (Å²) in [5.74, 6) is 0.331. The zero-order valence-electron chi connectivity index (χ0n) is 16.9. The maximum atomic E-state index is 12.5. The molecule has 6 nitrogen and oxygen atoms in total. The van der Waals surface area contributed by atoms with Crippen LogP contribution in [0.1, 0.15) is 38.3 Å². The molecule has 0 atom stereocenters. The number of rotatable bonds is 4. The highest BCUT2D eigenvalue weighted by molar-refractivity contribution is 6.21. The molecule has 2 aliphatic heterocycles. The number of benzene rings is 2. The van der Waals surface area contributed by atoms with E-state index in [4.69, 9.17) is 9.72 Å². The standard InChI is InChI=1S/C24H23N3O3/c1-16-6-4-7-17-14-18-15-26(12-13-30-22(18)25-21(16)17)10-5-11-27-23(28)19-8-2-3-9-20(19)24(27)29/h2-4,6-9,14H,5,10-13,15H2,1H3. The smallest absolute Gasteiger partial charge is 0.261 e. The molecule has 3 heterocycles. The summed E-state index contributed by atoms with van der Waals surface area (Å²) < 4.78 is 5.93. The van der Waals surface area contributed by atoms with Crippen LogP contribution in [0, 0.1) is 6.92 Å². The number of para-hydroxylation sites is 1. The van der Waals surface area contributed by atoms with E-state index in [1.807, 2.05) is 6.07 Å². The first-order valence-electron chi connectivity index (χ1n) is 10.3. The van der Waals surface area contributed by atoms with Crippen molar-refractivity contribution in [2.24, 2.45) is 0 Å². The number of imide groups is 1. The maximum Gasteiger partial charge on any atom is 0.261 e. The molecular weight excluding hydrogens is 378 g/mol. The van der Waals surface area contributed by atoms with Crippen LogP contribution in [0.15, 0.2) is 48.5 Å². The summed E-state index contributed by atoms with van der Waals surface area (Å²) >= 11 is 0. The van der Waals surface area contributed by atoms with Crippen molar-refractivity contribution in [2.75, 3.05) is 26.2 Å². The number of pyridine rings is 1. The number of hydrogen-bond acceptors (Lipinski definition) is 5. The van der Waals surface area contributed by atoms with E-state index < -0.39 is 0 Å². The van der Waals surface area contributed by atoms with Crippen molar-refractivity contribution in [1.82, 2.24) is 14.8 Å². The Morgan fingerprint density at radius 1 is 1.00 bits per heavy atom. The molecule has 1 aromatic heterocycles. The van der Waals surface area contributed by atoms with Crippen molar-refractivity contribution < 1.29 is 14.3 Å². The number of aryl methyl sites for hydroxylation is 1. The van der Waals surface area contributed by atoms with Crippen LogP contribution < -0.4 is 4.74 Å². The highest BCUT2D eigenvalue weighted by atomic mass is 16.5. The molecule has 6 heteroatoms. The van der Waals surface area contributed by atoms with Gasteiger partial charge in [0.25, 0.3) is 11.8 Å². The monoisotopic (exact) mass is 401 g/mol. The topological polar surface area (TPSA) is 62.7 Å². The fourth-order valence-electron chi connectivity index (χ4n) is 4.29. The summed E-state index contributed by atoms with van der Waals surface area (Å²) in [6.45, 7) is 5.37. The molecule has 0 fully saturated rings. The van der Waals surface area contributed by atoms with Crippen molar-refractivity contribution in [3.8, 4) is 5.88 Å². The van der Waals surface area contributed by atoms with Gasteiger partial charge in [-0.1, -0.05) is 30.3 Å². The molecule has 0 bridgehead atoms. The van der Waals surface area contributed by atoms with E-state index in [1.165, 1.54) is 4.90 Å². The molecule has 0 aliphatic carbocycles. The molecule has 0 spiro atoms. The lowest BCUT2D eigenvalue weighted by Crippen LogP contribution is -2.34. The summed E-state index contributed by atoms with van der Waals surface area (Å²) in [6.07, 6.45) is 0.723. The first-order chi connectivity index (χ1) is 14.6. The molecule has 0 saturated carbocycles. The van der Waals surface area contributed by atoms with Crippen LogP contribution in [0.5, 0.6) is 5.88 Å². The number of nitrogens with zero attached hydrogens (tertiary/aromatic N) is 3. The van der Waals surface area contributed by atoms with E-state index in [9.17, 15) is 9.59 Å². The molecule has 0 radical (unpaired) electrons. The minimum Gasteiger partial charge on any atom is -0.476 e. The average Bonchev–Trinajstić information content (AvgIpc) is 2.89. The van der Waals surface area contributed by atoms with Crippen molar-refractivity contribution >= 4 is 22.7 Å². The van der Waals surface area contributed by atoms with Gasteiger partial charge in [-0.3, -0.25) is 19.4 Å². The lowest BCUT2D eigenvalue weighted by atomic mass is 10.1. The molecule has 0 N–H and O–H groups in total. The van der Waals surface area contributed by atoms with E-state index >= 15 is 0 Å². The number of amides is 2. The Balaban J connectivity index is 1.26. The second kappa shape index (κ2) is 7.54. The maximum absolute atomic E-state index is 12.5. The molecule has 2 aromatic carbocycles. The largest absolute Gasteiger partial charge is 0.476 e. The molecule has 0 saturated heterocycles. The predicted molar refractivity (Wildman–Crippen MR) is 114 cm³/mol. The minimum atomic E-state index is -0.189. The van der Waals surface area contributed by atoms with Crippen molar-refractivity contribution in [3.63, 3.8) is 0 Å². The van der Waals surface area contributed by atoms with Crippen LogP contribution in [-0.2, 0) is 6.54 Å². The molecule has 2 aliphatic rings. The third-order valence-corrected chi connectivity index (χ3v) is 5.86. The summed E-state index contributed by atoms with van der Waals surface area (Å²) in [4.78, 5) is 33.5. The quantitative estimate of drug-likeness (QED) is 0.627. The van der Waals surface area contributed by atoms with E-state index in [0.717, 1.165) is 48.1 Å². The Hall–Kier alpha value is -3.25. The van der Waals surface area contributed by atoms with E-state index in [-0.39, 0.29) is 11.8 Å². The van der Waals surface area contributed by atoms with Gasteiger partial charge in [-0.15, -0.1) is 0 Å². The van der Waals surface area contributed by atoms with Crippen molar-refractivity contribution in [2.45, 2.75) is 19.9 Å². The minimum absolute atomic E-state index is 0.189. The summed E-state index contributed by atoms with van der Waals surface area (Å²) in [5, 5.41) is 1.12. The van der Waals surface area contributed by atoms with Gasteiger partial charge < -0.3 is 4.74 Å². The number of carbonyl (C=O) groups is 2. The van der Waals surface area contributed by atoms with Gasteiger partial charge in [0.05, 0.1) is 16.6 Å². The Morgan fingerprint density at radius 2 is 1.77 bits per heavy atom. The van der Waals surface area contributed by atoms with Gasteiger partial charge in [0.1, 0.15) is 6.61 Å². The SMILES string of the molecule is Cc1cccc2cc3c(nc12)OCCN(CCCN1C(=O)c2ccccc2C1=O)C3. The fourth-order valence-corrected chi connectivity index (χ4v) is 4.29.